The molecule has 0 spiro atoms. The Hall–Kier alpha value is -2.03. The van der Waals surface area contributed by atoms with Gasteiger partial charge in [0.15, 0.2) is 5.78 Å². The fraction of sp³-hybridized carbons (Fsp3) is 0.200. The summed E-state index contributed by atoms with van der Waals surface area (Å²) in [6.07, 6.45) is 2.04. The number of hydrogen-bond acceptors (Lipinski definition) is 2. The number of aromatic nitrogens is 1. The maximum absolute atomic E-state index is 13.4. The molecule has 0 aliphatic heterocycles. The summed E-state index contributed by atoms with van der Waals surface area (Å²) in [5.74, 6) is -0.363. The number of nitrogens with zero attached hydrogens (tertiary/aromatic N) is 1. The minimum atomic E-state index is -0.359. The van der Waals surface area contributed by atoms with Gasteiger partial charge in [0.05, 0.1) is 5.69 Å². The molecule has 0 fully saturated rings. The third-order valence-electron chi connectivity index (χ3n) is 2.87. The fourth-order valence-corrected chi connectivity index (χ4v) is 1.91. The molecule has 3 heteroatoms. The second-order valence-electron chi connectivity index (χ2n) is 4.14. The van der Waals surface area contributed by atoms with Gasteiger partial charge in [0.2, 0.25) is 0 Å². The first-order chi connectivity index (χ1) is 8.63. The van der Waals surface area contributed by atoms with Crippen LogP contribution in [0.2, 0.25) is 0 Å². The number of ketones is 1. The smallest absolute Gasteiger partial charge is 0.163 e. The lowest BCUT2D eigenvalue weighted by atomic mass is 9.97. The van der Waals surface area contributed by atoms with E-state index in [1.807, 2.05) is 19.1 Å². The number of hydrogen-bond donors (Lipinski definition) is 0. The van der Waals surface area contributed by atoms with Gasteiger partial charge < -0.3 is 0 Å². The Bertz CT molecular complexity index is 593. The normalized spacial score (nSPS) is 10.4. The van der Waals surface area contributed by atoms with Crippen LogP contribution in [0.5, 0.6) is 0 Å². The lowest BCUT2D eigenvalue weighted by molar-refractivity contribution is 0.0988. The topological polar surface area (TPSA) is 30.0 Å². The van der Waals surface area contributed by atoms with Gasteiger partial charge in [-0.1, -0.05) is 13.0 Å². The third-order valence-corrected chi connectivity index (χ3v) is 2.87. The van der Waals surface area contributed by atoms with Crippen molar-refractivity contribution in [2.45, 2.75) is 20.3 Å². The Morgan fingerprint density at radius 3 is 2.78 bits per heavy atom. The van der Waals surface area contributed by atoms with Crippen LogP contribution in [0.1, 0.15) is 29.3 Å². The highest BCUT2D eigenvalue weighted by Crippen LogP contribution is 2.26. The van der Waals surface area contributed by atoms with Crippen molar-refractivity contribution in [1.82, 2.24) is 4.98 Å². The van der Waals surface area contributed by atoms with Crippen LogP contribution in [0.25, 0.3) is 11.3 Å². The van der Waals surface area contributed by atoms with Gasteiger partial charge in [0, 0.05) is 23.7 Å². The van der Waals surface area contributed by atoms with Gasteiger partial charge >= 0.3 is 0 Å². The van der Waals surface area contributed by atoms with Crippen molar-refractivity contribution in [3.8, 4) is 11.3 Å². The van der Waals surface area contributed by atoms with Crippen molar-refractivity contribution in [3.05, 3.63) is 53.5 Å². The molecule has 0 aliphatic rings. The molecule has 0 radical (unpaired) electrons. The highest BCUT2D eigenvalue weighted by Gasteiger charge is 2.14. The summed E-state index contributed by atoms with van der Waals surface area (Å²) in [6.45, 7) is 3.69. The van der Waals surface area contributed by atoms with Crippen LogP contribution in [0.15, 0.2) is 36.5 Å². The van der Waals surface area contributed by atoms with Gasteiger partial charge in [-0.2, -0.15) is 0 Å². The van der Waals surface area contributed by atoms with E-state index in [0.717, 1.165) is 5.56 Å². The summed E-state index contributed by atoms with van der Waals surface area (Å²) in [6, 6.07) is 7.93. The predicted molar refractivity (Wildman–Crippen MR) is 69.0 cm³/mol. The van der Waals surface area contributed by atoms with Crippen LogP contribution >= 0.6 is 0 Å². The molecule has 0 saturated carbocycles. The molecule has 2 aromatic rings. The van der Waals surface area contributed by atoms with Crippen molar-refractivity contribution >= 4 is 5.78 Å². The average molecular weight is 243 g/mol. The van der Waals surface area contributed by atoms with Gasteiger partial charge in [-0.05, 0) is 36.8 Å². The maximum Gasteiger partial charge on any atom is 0.163 e. The molecule has 0 aliphatic carbocycles. The number of carbonyl (C=O) groups is 1. The number of benzene rings is 1. The molecular weight excluding hydrogens is 229 g/mol. The van der Waals surface area contributed by atoms with E-state index in [2.05, 4.69) is 4.98 Å². The number of carbonyl (C=O) groups excluding carboxylic acids is 1. The van der Waals surface area contributed by atoms with E-state index in [9.17, 15) is 9.18 Å². The number of rotatable bonds is 3. The SMILES string of the molecule is CCC(=O)c1ccc(F)cc1-c1ncccc1C. The number of aryl methyl sites for hydroxylation is 1. The summed E-state index contributed by atoms with van der Waals surface area (Å²) < 4.78 is 13.4. The number of Topliss-reactive ketones (excluding diaryl/α,β-unsaturated/α-hetero) is 1. The van der Waals surface area contributed by atoms with Crippen molar-refractivity contribution in [2.75, 3.05) is 0 Å². The Kier molecular flexibility index (Phi) is 3.51. The van der Waals surface area contributed by atoms with Gasteiger partial charge in [-0.15, -0.1) is 0 Å². The second-order valence-corrected chi connectivity index (χ2v) is 4.14. The van der Waals surface area contributed by atoms with Crippen LogP contribution in [-0.2, 0) is 0 Å². The molecule has 0 saturated heterocycles. The summed E-state index contributed by atoms with van der Waals surface area (Å²) in [5, 5.41) is 0. The molecule has 2 nitrogen and oxygen atoms in total. The van der Waals surface area contributed by atoms with Crippen molar-refractivity contribution in [1.29, 1.82) is 0 Å². The highest BCUT2D eigenvalue weighted by molar-refractivity contribution is 6.02. The summed E-state index contributed by atoms with van der Waals surface area (Å²) in [5.41, 5.74) is 2.68. The van der Waals surface area contributed by atoms with Crippen molar-refractivity contribution in [3.63, 3.8) is 0 Å². The van der Waals surface area contributed by atoms with E-state index in [0.29, 0.717) is 23.2 Å². The standard InChI is InChI=1S/C15H14FNO/c1-3-14(18)12-7-6-11(16)9-13(12)15-10(2)5-4-8-17-15/h4-9H,3H2,1-2H3. The van der Waals surface area contributed by atoms with E-state index in [1.54, 1.807) is 13.1 Å². The number of halogens is 1. The zero-order valence-corrected chi connectivity index (χ0v) is 10.4. The van der Waals surface area contributed by atoms with E-state index in [-0.39, 0.29) is 11.6 Å². The van der Waals surface area contributed by atoms with Gasteiger partial charge in [-0.25, -0.2) is 4.39 Å². The first-order valence-corrected chi connectivity index (χ1v) is 5.88. The largest absolute Gasteiger partial charge is 0.294 e. The first-order valence-electron chi connectivity index (χ1n) is 5.88. The molecule has 2 rings (SSSR count). The van der Waals surface area contributed by atoms with E-state index < -0.39 is 0 Å². The minimum absolute atomic E-state index is 0.00458. The zero-order chi connectivity index (χ0) is 13.1. The summed E-state index contributed by atoms with van der Waals surface area (Å²) in [7, 11) is 0. The molecule has 1 aromatic carbocycles. The fourth-order valence-electron chi connectivity index (χ4n) is 1.91. The van der Waals surface area contributed by atoms with E-state index >= 15 is 0 Å². The monoisotopic (exact) mass is 243 g/mol. The van der Waals surface area contributed by atoms with Gasteiger partial charge in [0.25, 0.3) is 0 Å². The minimum Gasteiger partial charge on any atom is -0.294 e. The molecule has 18 heavy (non-hydrogen) atoms. The zero-order valence-electron chi connectivity index (χ0n) is 10.4. The molecule has 0 N–H and O–H groups in total. The first kappa shape index (κ1) is 12.4. The highest BCUT2D eigenvalue weighted by atomic mass is 19.1. The van der Waals surface area contributed by atoms with Crippen LogP contribution in [0.4, 0.5) is 4.39 Å². The average Bonchev–Trinajstić information content (AvgIpc) is 2.38. The Morgan fingerprint density at radius 2 is 2.11 bits per heavy atom. The lowest BCUT2D eigenvalue weighted by Gasteiger charge is -2.09. The molecule has 0 bridgehead atoms. The van der Waals surface area contributed by atoms with Gasteiger partial charge in [0.1, 0.15) is 5.82 Å². The molecule has 1 heterocycles. The quantitative estimate of drug-likeness (QED) is 0.768. The van der Waals surface area contributed by atoms with Gasteiger partial charge in [-0.3, -0.25) is 9.78 Å². The third kappa shape index (κ3) is 2.30. The molecule has 0 amide bonds. The van der Waals surface area contributed by atoms with E-state index in [1.165, 1.54) is 18.2 Å². The summed E-state index contributed by atoms with van der Waals surface area (Å²) >= 11 is 0. The van der Waals surface area contributed by atoms with Crippen LogP contribution in [0, 0.1) is 12.7 Å². The molecule has 1 aromatic heterocycles. The molecule has 92 valence electrons. The second kappa shape index (κ2) is 5.08. The Morgan fingerprint density at radius 1 is 1.33 bits per heavy atom. The van der Waals surface area contributed by atoms with Crippen molar-refractivity contribution in [2.24, 2.45) is 0 Å². The van der Waals surface area contributed by atoms with Crippen LogP contribution in [-0.4, -0.2) is 10.8 Å². The molecule has 0 unspecified atom stereocenters. The molecule has 0 atom stereocenters. The molecular formula is C15H14FNO. The summed E-state index contributed by atoms with van der Waals surface area (Å²) in [4.78, 5) is 16.1. The van der Waals surface area contributed by atoms with Crippen LogP contribution in [0.3, 0.4) is 0 Å². The maximum atomic E-state index is 13.4. The lowest BCUT2D eigenvalue weighted by Crippen LogP contribution is -2.02. The Balaban J connectivity index is 2.66. The van der Waals surface area contributed by atoms with Crippen LogP contribution < -0.4 is 0 Å². The Labute approximate surface area is 105 Å². The number of pyridine rings is 1. The predicted octanol–water partition coefficient (Wildman–Crippen LogP) is 3.79. The van der Waals surface area contributed by atoms with E-state index in [4.69, 9.17) is 0 Å². The van der Waals surface area contributed by atoms with Crippen molar-refractivity contribution < 1.29 is 9.18 Å².